The minimum Gasteiger partial charge on any atom is -0.497 e. The summed E-state index contributed by atoms with van der Waals surface area (Å²) in [6, 6.07) is 7.57. The van der Waals surface area contributed by atoms with Gasteiger partial charge in [-0.15, -0.1) is 11.8 Å². The molecule has 0 saturated heterocycles. The summed E-state index contributed by atoms with van der Waals surface area (Å²) in [6.45, 7) is 0.314. The molecule has 6 nitrogen and oxygen atoms in total. The second kappa shape index (κ2) is 10.1. The third kappa shape index (κ3) is 6.82. The minimum atomic E-state index is -1.02. The Kier molecular flexibility index (Phi) is 8.39. The second-order valence-corrected chi connectivity index (χ2v) is 5.64. The molecule has 0 aromatic heterocycles. The molecule has 1 aromatic carbocycles. The standard InChI is InChI=1S/C15H21NO5S/c1-20-9-8-16(11-15(18)19)14(17)7-10-22-13-5-3-12(21-2)4-6-13/h3-6H,7-11H2,1-2H3,(H,18,19). The highest BCUT2D eigenvalue weighted by atomic mass is 32.2. The molecule has 0 bridgehead atoms. The molecule has 0 saturated carbocycles. The fourth-order valence-electron chi connectivity index (χ4n) is 1.74. The minimum absolute atomic E-state index is 0.180. The van der Waals surface area contributed by atoms with Crippen LogP contribution in [0.5, 0.6) is 5.75 Å². The summed E-state index contributed by atoms with van der Waals surface area (Å²) in [6.07, 6.45) is 0.285. The third-order valence-electron chi connectivity index (χ3n) is 2.89. The number of carbonyl (C=O) groups is 2. The number of methoxy groups -OCH3 is 2. The van der Waals surface area contributed by atoms with Gasteiger partial charge in [0, 0.05) is 30.7 Å². The molecule has 0 aliphatic heterocycles. The number of nitrogens with zero attached hydrogens (tertiary/aromatic N) is 1. The van der Waals surface area contributed by atoms with Crippen LogP contribution in [0.3, 0.4) is 0 Å². The molecular formula is C15H21NO5S. The van der Waals surface area contributed by atoms with E-state index in [2.05, 4.69) is 0 Å². The predicted molar refractivity (Wildman–Crippen MR) is 84.4 cm³/mol. The monoisotopic (exact) mass is 327 g/mol. The maximum atomic E-state index is 12.0. The SMILES string of the molecule is COCCN(CC(=O)O)C(=O)CCSc1ccc(OC)cc1. The summed E-state index contributed by atoms with van der Waals surface area (Å²) < 4.78 is 9.98. The van der Waals surface area contributed by atoms with Crippen molar-refractivity contribution in [1.82, 2.24) is 4.90 Å². The fraction of sp³-hybridized carbons (Fsp3) is 0.467. The van der Waals surface area contributed by atoms with E-state index in [0.717, 1.165) is 10.6 Å². The van der Waals surface area contributed by atoms with E-state index in [-0.39, 0.29) is 25.4 Å². The van der Waals surface area contributed by atoms with E-state index >= 15 is 0 Å². The second-order valence-electron chi connectivity index (χ2n) is 4.48. The highest BCUT2D eigenvalue weighted by Crippen LogP contribution is 2.22. The number of carbonyl (C=O) groups excluding carboxylic acids is 1. The Morgan fingerprint density at radius 3 is 2.45 bits per heavy atom. The van der Waals surface area contributed by atoms with Gasteiger partial charge in [-0.1, -0.05) is 0 Å². The van der Waals surface area contributed by atoms with Crippen LogP contribution in [0.2, 0.25) is 0 Å². The number of hydrogen-bond acceptors (Lipinski definition) is 5. The Balaban J connectivity index is 2.42. The molecule has 122 valence electrons. The van der Waals surface area contributed by atoms with Crippen molar-refractivity contribution in [3.05, 3.63) is 24.3 Å². The molecule has 0 heterocycles. The van der Waals surface area contributed by atoms with Crippen LogP contribution in [0.1, 0.15) is 6.42 Å². The van der Waals surface area contributed by atoms with Crippen molar-refractivity contribution < 1.29 is 24.2 Å². The van der Waals surface area contributed by atoms with Crippen LogP contribution in [0.25, 0.3) is 0 Å². The number of hydrogen-bond donors (Lipinski definition) is 1. The van der Waals surface area contributed by atoms with Crippen LogP contribution < -0.4 is 4.74 Å². The lowest BCUT2D eigenvalue weighted by atomic mass is 10.3. The zero-order valence-electron chi connectivity index (χ0n) is 12.8. The van der Waals surface area contributed by atoms with Gasteiger partial charge in [-0.05, 0) is 24.3 Å². The molecule has 0 fully saturated rings. The quantitative estimate of drug-likeness (QED) is 0.660. The number of carboxylic acid groups (broad SMARTS) is 1. The average Bonchev–Trinajstić information content (AvgIpc) is 2.51. The maximum absolute atomic E-state index is 12.0. The molecule has 7 heteroatoms. The average molecular weight is 327 g/mol. The van der Waals surface area contributed by atoms with E-state index in [9.17, 15) is 9.59 Å². The van der Waals surface area contributed by atoms with Gasteiger partial charge in [0.2, 0.25) is 5.91 Å². The molecule has 0 radical (unpaired) electrons. The van der Waals surface area contributed by atoms with Crippen molar-refractivity contribution in [2.24, 2.45) is 0 Å². The summed E-state index contributed by atoms with van der Waals surface area (Å²) in [7, 11) is 3.13. The molecule has 1 amide bonds. The van der Waals surface area contributed by atoms with E-state index < -0.39 is 5.97 Å². The Bertz CT molecular complexity index is 477. The van der Waals surface area contributed by atoms with Gasteiger partial charge in [-0.3, -0.25) is 9.59 Å². The predicted octanol–water partition coefficient (Wildman–Crippen LogP) is 1.74. The molecule has 22 heavy (non-hydrogen) atoms. The largest absolute Gasteiger partial charge is 0.497 e. The van der Waals surface area contributed by atoms with Gasteiger partial charge in [0.1, 0.15) is 12.3 Å². The van der Waals surface area contributed by atoms with Crippen LogP contribution in [0, 0.1) is 0 Å². The van der Waals surface area contributed by atoms with Crippen molar-refractivity contribution in [1.29, 1.82) is 0 Å². The van der Waals surface area contributed by atoms with Crippen LogP contribution in [-0.4, -0.2) is 61.6 Å². The lowest BCUT2D eigenvalue weighted by Crippen LogP contribution is -2.38. The van der Waals surface area contributed by atoms with Gasteiger partial charge < -0.3 is 19.5 Å². The topological polar surface area (TPSA) is 76.1 Å². The number of thioether (sulfide) groups is 1. The van der Waals surface area contributed by atoms with E-state index in [1.165, 1.54) is 12.0 Å². The van der Waals surface area contributed by atoms with Gasteiger partial charge in [-0.2, -0.15) is 0 Å². The number of amides is 1. The first-order valence-corrected chi connectivity index (χ1v) is 7.80. The summed E-state index contributed by atoms with van der Waals surface area (Å²) >= 11 is 1.55. The Hall–Kier alpha value is -1.73. The van der Waals surface area contributed by atoms with Gasteiger partial charge in [-0.25, -0.2) is 0 Å². The summed E-state index contributed by atoms with van der Waals surface area (Å²) in [5, 5.41) is 8.83. The van der Waals surface area contributed by atoms with E-state index in [0.29, 0.717) is 12.4 Å². The number of aliphatic carboxylic acids is 1. The summed E-state index contributed by atoms with van der Waals surface area (Å²) in [4.78, 5) is 25.2. The molecule has 0 unspecified atom stereocenters. The maximum Gasteiger partial charge on any atom is 0.323 e. The first-order chi connectivity index (χ1) is 10.6. The summed E-state index contributed by atoms with van der Waals surface area (Å²) in [5.74, 6) is 0.175. The highest BCUT2D eigenvalue weighted by molar-refractivity contribution is 7.99. The third-order valence-corrected chi connectivity index (χ3v) is 3.90. The van der Waals surface area contributed by atoms with Gasteiger partial charge in [0.15, 0.2) is 0 Å². The van der Waals surface area contributed by atoms with E-state index in [4.69, 9.17) is 14.6 Å². The number of benzene rings is 1. The molecule has 1 rings (SSSR count). The molecule has 0 atom stereocenters. The first kappa shape index (κ1) is 18.3. The zero-order valence-corrected chi connectivity index (χ0v) is 13.6. The number of rotatable bonds is 10. The highest BCUT2D eigenvalue weighted by Gasteiger charge is 2.16. The van der Waals surface area contributed by atoms with E-state index in [1.54, 1.807) is 18.9 Å². The molecule has 0 aliphatic rings. The lowest BCUT2D eigenvalue weighted by molar-refractivity contribution is -0.144. The molecule has 1 N–H and O–H groups in total. The zero-order chi connectivity index (χ0) is 16.4. The molecule has 1 aromatic rings. The fourth-order valence-corrected chi connectivity index (χ4v) is 2.58. The number of ether oxygens (including phenoxy) is 2. The Morgan fingerprint density at radius 1 is 1.23 bits per heavy atom. The first-order valence-electron chi connectivity index (χ1n) is 6.82. The van der Waals surface area contributed by atoms with Gasteiger partial charge in [0.25, 0.3) is 0 Å². The van der Waals surface area contributed by atoms with Crippen molar-refractivity contribution in [2.75, 3.05) is 39.7 Å². The van der Waals surface area contributed by atoms with Crippen molar-refractivity contribution in [3.8, 4) is 5.75 Å². The Labute approximate surface area is 134 Å². The lowest BCUT2D eigenvalue weighted by Gasteiger charge is -2.20. The van der Waals surface area contributed by atoms with Crippen molar-refractivity contribution in [3.63, 3.8) is 0 Å². The van der Waals surface area contributed by atoms with Gasteiger partial charge >= 0.3 is 5.97 Å². The van der Waals surface area contributed by atoms with Crippen LogP contribution in [0.15, 0.2) is 29.2 Å². The Morgan fingerprint density at radius 2 is 1.91 bits per heavy atom. The van der Waals surface area contributed by atoms with Gasteiger partial charge in [0.05, 0.1) is 13.7 Å². The molecule has 0 aliphatic carbocycles. The smallest absolute Gasteiger partial charge is 0.323 e. The van der Waals surface area contributed by atoms with Crippen LogP contribution in [-0.2, 0) is 14.3 Å². The van der Waals surface area contributed by atoms with Crippen molar-refractivity contribution in [2.45, 2.75) is 11.3 Å². The van der Waals surface area contributed by atoms with Crippen LogP contribution >= 0.6 is 11.8 Å². The number of carboxylic acids is 1. The molecular weight excluding hydrogens is 306 g/mol. The van der Waals surface area contributed by atoms with E-state index in [1.807, 2.05) is 24.3 Å². The van der Waals surface area contributed by atoms with Crippen LogP contribution in [0.4, 0.5) is 0 Å². The summed E-state index contributed by atoms with van der Waals surface area (Å²) in [5.41, 5.74) is 0. The molecule has 0 spiro atoms. The normalized spacial score (nSPS) is 10.3. The van der Waals surface area contributed by atoms with Crippen molar-refractivity contribution >= 4 is 23.6 Å².